The lowest BCUT2D eigenvalue weighted by Gasteiger charge is -2.32. The molecule has 1 rings (SSSR count). The third-order valence-electron chi connectivity index (χ3n) is 16.2. The van der Waals surface area contributed by atoms with Crippen molar-refractivity contribution in [3.8, 4) is 0 Å². The summed E-state index contributed by atoms with van der Waals surface area (Å²) in [4.78, 5) is 190. The summed E-state index contributed by atoms with van der Waals surface area (Å²) in [6.45, 7) is 25.2. The number of unbranched alkanes of at least 4 members (excludes halogenated alkanes) is 1. The molecule has 31 heteroatoms. The van der Waals surface area contributed by atoms with Crippen LogP contribution < -0.4 is 75.7 Å². The number of nitrogens with two attached hydrogens (primary N) is 3. The van der Waals surface area contributed by atoms with Crippen LogP contribution >= 0.6 is 0 Å². The number of carbonyl (C=O) groups is 14. The van der Waals surface area contributed by atoms with Gasteiger partial charge in [-0.1, -0.05) is 103 Å². The van der Waals surface area contributed by atoms with E-state index in [1.165, 1.54) is 11.8 Å². The molecule has 19 N–H and O–H groups in total. The first kappa shape index (κ1) is 86.5. The molecule has 1 aliphatic heterocycles. The summed E-state index contributed by atoms with van der Waals surface area (Å²) in [5, 5.41) is 48.1. The maximum atomic E-state index is 14.3. The smallest absolute Gasteiger partial charge is 0.303 e. The molecule has 0 spiro atoms. The predicted molar refractivity (Wildman–Crippen MR) is 358 cm³/mol. The zero-order valence-corrected chi connectivity index (χ0v) is 59.3. The summed E-state index contributed by atoms with van der Waals surface area (Å²) in [6, 6.07) is -14.7. The van der Waals surface area contributed by atoms with E-state index in [4.69, 9.17) is 22.3 Å². The Hall–Kier alpha value is -7.54. The molecule has 0 unspecified atom stereocenters. The largest absolute Gasteiger partial charge is 0.481 e. The number of carboxylic acid groups (broad SMARTS) is 1. The van der Waals surface area contributed by atoms with Crippen molar-refractivity contribution in [3.63, 3.8) is 0 Å². The zero-order valence-electron chi connectivity index (χ0n) is 59.3. The number of aliphatic hydroxyl groups is 1. The Labute approximate surface area is 566 Å². The topological polar surface area (TPSA) is 493 Å². The molecule has 0 aliphatic carbocycles. The summed E-state index contributed by atoms with van der Waals surface area (Å²) in [6.07, 6.45) is 2.10. The van der Waals surface area contributed by atoms with Gasteiger partial charge in [0.1, 0.15) is 66.5 Å². The van der Waals surface area contributed by atoms with Crippen LogP contribution in [0.15, 0.2) is 0 Å². The fourth-order valence-electron chi connectivity index (χ4n) is 10.7. The number of aliphatic hydroxyl groups excluding tert-OH is 1. The van der Waals surface area contributed by atoms with Gasteiger partial charge in [0, 0.05) is 13.0 Å². The molecule has 13 atom stereocenters. The maximum absolute atomic E-state index is 14.3. The first-order valence-electron chi connectivity index (χ1n) is 34.0. The average Bonchev–Trinajstić information content (AvgIpc) is 1.44. The minimum Gasteiger partial charge on any atom is -0.481 e. The molecule has 0 radical (unpaired) electrons. The van der Waals surface area contributed by atoms with Crippen LogP contribution in [0, 0.1) is 41.4 Å². The Bertz CT molecular complexity index is 2600. The molecule has 13 amide bonds. The Kier molecular flexibility index (Phi) is 39.3. The second-order valence-electron chi connectivity index (χ2n) is 27.8. The summed E-state index contributed by atoms with van der Waals surface area (Å²) in [7, 11) is 0. The fourth-order valence-corrected chi connectivity index (χ4v) is 10.7. The number of aliphatic carboxylic acids is 1. The van der Waals surface area contributed by atoms with E-state index in [1.807, 2.05) is 41.5 Å². The van der Waals surface area contributed by atoms with Crippen molar-refractivity contribution in [2.75, 3.05) is 26.2 Å². The number of rotatable bonds is 45. The molecule has 96 heavy (non-hydrogen) atoms. The van der Waals surface area contributed by atoms with Crippen LogP contribution in [0.4, 0.5) is 0 Å². The Morgan fingerprint density at radius 2 is 0.938 bits per heavy atom. The predicted octanol–water partition coefficient (Wildman–Crippen LogP) is -1.31. The standard InChI is InChI=1S/C65H117N15O16/c1-16-39(14)53(79-62(93)49-21-19-25-80(49)65(96)47(30-37(10)11)76-56(87)41(67)22-23-51(83)84)64(95)78-52(38(12)13)63(94)70-40(15)55(86)72-42(20-17-18-24-66)58(89)74-45(28-35(6)7)60(91)75-46(29-36(8)9)61(92)77-48(32-81)57(88)69-31-50(82)71-44(27-34(4)5)59(90)73-43(54(68)85)26-33(2)3/h33-49,52-53,81H,16-32,66-67H2,1-15H3,(H2,68,85)(H,69,88)(H,70,94)(H,71,82)(H,72,86)(H,73,90)(H,74,89)(H,75,91)(H,76,87)(H,77,92)(H,78,95)(H,79,93)(H,83,84)/t39-,40-,41-,42-,43-,44-,45-,46-,47-,48-,49-,52-,53-/m0/s1. The van der Waals surface area contributed by atoms with Crippen LogP contribution in [0.1, 0.15) is 187 Å². The second-order valence-corrected chi connectivity index (χ2v) is 27.8. The van der Waals surface area contributed by atoms with Gasteiger partial charge in [0.2, 0.25) is 76.8 Å². The average molecular weight is 1360 g/mol. The molecule has 0 saturated carbocycles. The van der Waals surface area contributed by atoms with E-state index in [-0.39, 0.29) is 100 Å². The summed E-state index contributed by atoms with van der Waals surface area (Å²) in [5.74, 6) is -12.6. The highest BCUT2D eigenvalue weighted by Gasteiger charge is 2.42. The minimum absolute atomic E-state index is 0.0126. The molecule has 31 nitrogen and oxygen atoms in total. The summed E-state index contributed by atoms with van der Waals surface area (Å²) < 4.78 is 0. The first-order chi connectivity index (χ1) is 44.8. The molecule has 0 aromatic heterocycles. The number of nitrogens with one attached hydrogen (secondary N) is 11. The molecule has 1 heterocycles. The van der Waals surface area contributed by atoms with Crippen LogP contribution in [-0.4, -0.2) is 197 Å². The van der Waals surface area contributed by atoms with Gasteiger partial charge in [0.05, 0.1) is 19.2 Å². The van der Waals surface area contributed by atoms with Gasteiger partial charge >= 0.3 is 5.97 Å². The van der Waals surface area contributed by atoms with Gasteiger partial charge in [-0.3, -0.25) is 67.1 Å². The fraction of sp³-hybridized carbons (Fsp3) is 0.785. The molecular formula is C65H117N15O16. The number of likely N-dealkylation sites (tertiary alicyclic amines) is 1. The number of hydrogen-bond acceptors (Lipinski definition) is 17. The Morgan fingerprint density at radius 1 is 0.490 bits per heavy atom. The summed E-state index contributed by atoms with van der Waals surface area (Å²) in [5.41, 5.74) is 17.3. The molecule has 0 aromatic carbocycles. The maximum Gasteiger partial charge on any atom is 0.303 e. The normalized spacial score (nSPS) is 16.9. The third kappa shape index (κ3) is 31.6. The van der Waals surface area contributed by atoms with Crippen LogP contribution in [-0.2, 0) is 67.1 Å². The van der Waals surface area contributed by atoms with E-state index in [0.29, 0.717) is 25.7 Å². The summed E-state index contributed by atoms with van der Waals surface area (Å²) >= 11 is 0. The Morgan fingerprint density at radius 3 is 1.41 bits per heavy atom. The lowest BCUT2D eigenvalue weighted by Crippen LogP contribution is -2.61. The number of hydrogen-bond donors (Lipinski definition) is 16. The van der Waals surface area contributed by atoms with E-state index >= 15 is 0 Å². The highest BCUT2D eigenvalue weighted by atomic mass is 16.4. The number of amides is 13. The first-order valence-corrected chi connectivity index (χ1v) is 34.0. The van der Waals surface area contributed by atoms with Crippen molar-refractivity contribution < 1.29 is 77.3 Å². The van der Waals surface area contributed by atoms with Crippen LogP contribution in [0.25, 0.3) is 0 Å². The number of nitrogens with zero attached hydrogens (tertiary/aromatic N) is 1. The van der Waals surface area contributed by atoms with Gasteiger partial charge in [-0.25, -0.2) is 0 Å². The molecule has 1 aliphatic rings. The van der Waals surface area contributed by atoms with Crippen molar-refractivity contribution in [1.29, 1.82) is 0 Å². The van der Waals surface area contributed by atoms with E-state index in [1.54, 1.807) is 55.4 Å². The van der Waals surface area contributed by atoms with Crippen LogP contribution in [0.2, 0.25) is 0 Å². The van der Waals surface area contributed by atoms with Gasteiger partial charge in [0.25, 0.3) is 0 Å². The van der Waals surface area contributed by atoms with E-state index < -0.39 is 180 Å². The quantitative estimate of drug-likeness (QED) is 0.0315. The lowest BCUT2D eigenvalue weighted by atomic mass is 9.96. The SMILES string of the molecule is CC[C@H](C)[C@H](NC(=O)[C@@H]1CCCN1C(=O)[C@H](CC(C)C)NC(=O)[C@@H](N)CCC(=O)O)C(=O)N[C@H](C(=O)N[C@@H](C)C(=O)N[C@@H](CCCCN)C(=O)N[C@@H](CC(C)C)C(=O)N[C@@H](CC(C)C)C(=O)N[C@@H](CO)C(=O)NCC(=O)N[C@@H](CC(C)C)C(=O)N[C@@H](CC(C)C)C(N)=O)C(C)C. The van der Waals surface area contributed by atoms with E-state index in [2.05, 4.69) is 58.5 Å². The number of carbonyl (C=O) groups excluding carboxylic acids is 13. The third-order valence-corrected chi connectivity index (χ3v) is 16.2. The van der Waals surface area contributed by atoms with Crippen molar-refractivity contribution in [2.45, 2.75) is 260 Å². The molecule has 1 saturated heterocycles. The van der Waals surface area contributed by atoms with Crippen molar-refractivity contribution >= 4 is 82.8 Å². The highest BCUT2D eigenvalue weighted by molar-refractivity contribution is 5.99. The molecular weight excluding hydrogens is 1250 g/mol. The van der Waals surface area contributed by atoms with E-state index in [9.17, 15) is 72.2 Å². The monoisotopic (exact) mass is 1360 g/mol. The van der Waals surface area contributed by atoms with Crippen molar-refractivity contribution in [2.24, 2.45) is 58.6 Å². The number of primary amides is 1. The van der Waals surface area contributed by atoms with Crippen LogP contribution in [0.5, 0.6) is 0 Å². The van der Waals surface area contributed by atoms with Crippen molar-refractivity contribution in [3.05, 3.63) is 0 Å². The van der Waals surface area contributed by atoms with Crippen molar-refractivity contribution in [1.82, 2.24) is 63.4 Å². The molecule has 1 fully saturated rings. The lowest BCUT2D eigenvalue weighted by molar-refractivity contribution is -0.143. The second kappa shape index (κ2) is 43.6. The van der Waals surface area contributed by atoms with Gasteiger partial charge in [-0.2, -0.15) is 0 Å². The van der Waals surface area contributed by atoms with Gasteiger partial charge in [0.15, 0.2) is 0 Å². The van der Waals surface area contributed by atoms with E-state index in [0.717, 1.165) is 0 Å². The Balaban J connectivity index is 3.30. The molecule has 0 bridgehead atoms. The highest BCUT2D eigenvalue weighted by Crippen LogP contribution is 2.23. The van der Waals surface area contributed by atoms with Gasteiger partial charge < -0.3 is 90.8 Å². The van der Waals surface area contributed by atoms with Gasteiger partial charge in [-0.15, -0.1) is 0 Å². The zero-order chi connectivity index (χ0) is 73.4. The minimum atomic E-state index is -1.62. The molecule has 548 valence electrons. The molecule has 0 aromatic rings. The van der Waals surface area contributed by atoms with Gasteiger partial charge in [-0.05, 0) is 126 Å². The van der Waals surface area contributed by atoms with Crippen LogP contribution in [0.3, 0.4) is 0 Å². The number of carboxylic acids is 1.